The number of hydrogen-bond donors (Lipinski definition) is 1. The van der Waals surface area contributed by atoms with Crippen LogP contribution in [0.2, 0.25) is 0 Å². The first-order valence-corrected chi connectivity index (χ1v) is 11.4. The van der Waals surface area contributed by atoms with Crippen LogP contribution in [0.3, 0.4) is 0 Å². The van der Waals surface area contributed by atoms with Gasteiger partial charge in [0.2, 0.25) is 5.91 Å². The van der Waals surface area contributed by atoms with E-state index in [2.05, 4.69) is 10.2 Å². The molecule has 0 spiro atoms. The van der Waals surface area contributed by atoms with Gasteiger partial charge in [0.05, 0.1) is 0 Å². The van der Waals surface area contributed by atoms with Gasteiger partial charge in [-0.25, -0.2) is 4.39 Å². The average molecular weight is 398 g/mol. The summed E-state index contributed by atoms with van der Waals surface area (Å²) >= 11 is 0. The average Bonchev–Trinajstić information content (AvgIpc) is 2.75. The summed E-state index contributed by atoms with van der Waals surface area (Å²) in [5.74, 6) is 0.722. The number of piperidine rings is 1. The van der Waals surface area contributed by atoms with E-state index in [0.717, 1.165) is 51.9 Å². The highest BCUT2D eigenvalue weighted by Gasteiger charge is 2.39. The van der Waals surface area contributed by atoms with Crippen molar-refractivity contribution in [3.8, 4) is 0 Å². The summed E-state index contributed by atoms with van der Waals surface area (Å²) in [4.78, 5) is 28.7. The van der Waals surface area contributed by atoms with Crippen LogP contribution < -0.4 is 5.32 Å². The number of carbonyl (C=O) groups is 2. The molecule has 0 aromatic heterocycles. The molecular formula is C22H40FN3O2. The Balaban J connectivity index is 0.00000136. The summed E-state index contributed by atoms with van der Waals surface area (Å²) in [7, 11) is 0. The third-order valence-corrected chi connectivity index (χ3v) is 6.57. The highest BCUT2D eigenvalue weighted by Crippen LogP contribution is 2.33. The van der Waals surface area contributed by atoms with Crippen LogP contribution in [0.15, 0.2) is 0 Å². The van der Waals surface area contributed by atoms with Crippen LogP contribution in [0.4, 0.5) is 4.39 Å². The number of carbonyl (C=O) groups excluding carboxylic acids is 2. The van der Waals surface area contributed by atoms with Crippen molar-refractivity contribution in [1.29, 1.82) is 0 Å². The van der Waals surface area contributed by atoms with E-state index in [1.54, 1.807) is 0 Å². The number of Topliss-reactive ketones (excluding diaryl/α,β-unsaturated/α-hetero) is 1. The van der Waals surface area contributed by atoms with Gasteiger partial charge in [0.25, 0.3) is 0 Å². The van der Waals surface area contributed by atoms with Crippen LogP contribution in [-0.2, 0) is 9.59 Å². The Morgan fingerprint density at radius 3 is 2.04 bits per heavy atom. The number of rotatable bonds is 5. The minimum absolute atomic E-state index is 0.0381. The van der Waals surface area contributed by atoms with E-state index in [1.807, 2.05) is 25.7 Å². The molecule has 1 N–H and O–H groups in total. The van der Waals surface area contributed by atoms with Gasteiger partial charge < -0.3 is 10.2 Å². The molecule has 0 atom stereocenters. The van der Waals surface area contributed by atoms with Crippen molar-refractivity contribution >= 4 is 11.7 Å². The minimum atomic E-state index is -1.15. The summed E-state index contributed by atoms with van der Waals surface area (Å²) in [6.45, 7) is 11.2. The predicted molar refractivity (Wildman–Crippen MR) is 111 cm³/mol. The molecule has 6 heteroatoms. The van der Waals surface area contributed by atoms with Crippen LogP contribution in [0, 0.1) is 11.8 Å². The predicted octanol–water partition coefficient (Wildman–Crippen LogP) is 3.03. The molecule has 3 aliphatic rings. The summed E-state index contributed by atoms with van der Waals surface area (Å²) in [5, 5.41) is 3.30. The third kappa shape index (κ3) is 6.24. The molecule has 3 fully saturated rings. The lowest BCUT2D eigenvalue weighted by molar-refractivity contribution is -0.140. The van der Waals surface area contributed by atoms with Crippen molar-refractivity contribution in [2.75, 3.05) is 45.8 Å². The molecule has 2 heterocycles. The third-order valence-electron chi connectivity index (χ3n) is 6.57. The first kappa shape index (κ1) is 23.3. The first-order valence-electron chi connectivity index (χ1n) is 11.4. The zero-order valence-electron chi connectivity index (χ0n) is 18.1. The Morgan fingerprint density at radius 2 is 1.50 bits per heavy atom. The Bertz CT molecular complexity index is 492. The molecule has 1 aliphatic carbocycles. The molecule has 1 amide bonds. The SMILES string of the molecule is CC.CCC(=O)C1CCC(C(=O)N2CCC(F)(CN3CCNCC3)CC2)CC1. The van der Waals surface area contributed by atoms with E-state index in [1.165, 1.54) is 0 Å². The second-order valence-corrected chi connectivity index (χ2v) is 8.37. The number of piperazine rings is 1. The van der Waals surface area contributed by atoms with Crippen LogP contribution in [0.25, 0.3) is 0 Å². The van der Waals surface area contributed by atoms with Gasteiger partial charge in [-0.1, -0.05) is 20.8 Å². The van der Waals surface area contributed by atoms with E-state index >= 15 is 4.39 Å². The number of alkyl halides is 1. The fourth-order valence-corrected chi connectivity index (χ4v) is 4.77. The normalized spacial score (nSPS) is 28.2. The van der Waals surface area contributed by atoms with Crippen molar-refractivity contribution in [2.24, 2.45) is 11.8 Å². The molecule has 3 rings (SSSR count). The second kappa shape index (κ2) is 11.2. The van der Waals surface area contributed by atoms with Crippen molar-refractivity contribution in [3.63, 3.8) is 0 Å². The van der Waals surface area contributed by atoms with Gasteiger partial charge in [0.1, 0.15) is 11.5 Å². The molecular weight excluding hydrogens is 357 g/mol. The van der Waals surface area contributed by atoms with E-state index in [4.69, 9.17) is 0 Å². The monoisotopic (exact) mass is 397 g/mol. The van der Waals surface area contributed by atoms with Gasteiger partial charge in [-0.05, 0) is 25.7 Å². The van der Waals surface area contributed by atoms with Crippen molar-refractivity contribution in [2.45, 2.75) is 71.4 Å². The Morgan fingerprint density at radius 1 is 0.964 bits per heavy atom. The van der Waals surface area contributed by atoms with Gasteiger partial charge in [0, 0.05) is 76.9 Å². The maximum atomic E-state index is 15.2. The quantitative estimate of drug-likeness (QED) is 0.775. The topological polar surface area (TPSA) is 52.7 Å². The van der Waals surface area contributed by atoms with Crippen LogP contribution >= 0.6 is 0 Å². The highest BCUT2D eigenvalue weighted by molar-refractivity contribution is 5.82. The lowest BCUT2D eigenvalue weighted by Gasteiger charge is -2.41. The van der Waals surface area contributed by atoms with Crippen LogP contribution in [0.1, 0.15) is 65.7 Å². The zero-order chi connectivity index (χ0) is 20.6. The fraction of sp³-hybridized carbons (Fsp3) is 0.909. The standard InChI is InChI=1S/C20H34FN3O2.C2H6/c1-2-18(25)16-3-5-17(6-4-16)19(26)24-11-7-20(21,8-12-24)15-23-13-9-22-10-14-23;1-2/h16-17,22H,2-15H2,1H3;1-2H3. The summed E-state index contributed by atoms with van der Waals surface area (Å²) in [5.41, 5.74) is -1.15. The zero-order valence-corrected chi connectivity index (χ0v) is 18.1. The lowest BCUT2D eigenvalue weighted by atomic mass is 9.78. The maximum absolute atomic E-state index is 15.2. The molecule has 0 radical (unpaired) electrons. The largest absolute Gasteiger partial charge is 0.342 e. The van der Waals surface area contributed by atoms with E-state index in [-0.39, 0.29) is 17.7 Å². The molecule has 5 nitrogen and oxygen atoms in total. The van der Waals surface area contributed by atoms with E-state index in [9.17, 15) is 9.59 Å². The summed E-state index contributed by atoms with van der Waals surface area (Å²) in [6, 6.07) is 0. The fourth-order valence-electron chi connectivity index (χ4n) is 4.77. The molecule has 2 aliphatic heterocycles. The van der Waals surface area contributed by atoms with Gasteiger partial charge in [-0.2, -0.15) is 0 Å². The Labute approximate surface area is 170 Å². The van der Waals surface area contributed by atoms with Gasteiger partial charge in [-0.3, -0.25) is 14.5 Å². The number of hydrogen-bond acceptors (Lipinski definition) is 4. The highest BCUT2D eigenvalue weighted by atomic mass is 19.1. The molecule has 2 saturated heterocycles. The molecule has 1 saturated carbocycles. The van der Waals surface area contributed by atoms with Gasteiger partial charge in [0.15, 0.2) is 0 Å². The van der Waals surface area contributed by atoms with Crippen LogP contribution in [-0.4, -0.2) is 73.0 Å². The van der Waals surface area contributed by atoms with Crippen molar-refractivity contribution in [3.05, 3.63) is 0 Å². The Hall–Kier alpha value is -1.01. The number of ketones is 1. The molecule has 0 aromatic carbocycles. The Kier molecular flexibility index (Phi) is 9.35. The van der Waals surface area contributed by atoms with E-state index in [0.29, 0.717) is 44.7 Å². The van der Waals surface area contributed by atoms with Crippen molar-refractivity contribution in [1.82, 2.24) is 15.1 Å². The summed E-state index contributed by atoms with van der Waals surface area (Å²) < 4.78 is 15.2. The van der Waals surface area contributed by atoms with Gasteiger partial charge in [-0.15, -0.1) is 0 Å². The number of nitrogens with zero attached hydrogens (tertiary/aromatic N) is 2. The number of nitrogens with one attached hydrogen (secondary N) is 1. The molecule has 0 unspecified atom stereocenters. The smallest absolute Gasteiger partial charge is 0.225 e. The van der Waals surface area contributed by atoms with E-state index < -0.39 is 5.67 Å². The van der Waals surface area contributed by atoms with Crippen LogP contribution in [0.5, 0.6) is 0 Å². The second-order valence-electron chi connectivity index (χ2n) is 8.37. The minimum Gasteiger partial charge on any atom is -0.342 e. The van der Waals surface area contributed by atoms with Crippen molar-refractivity contribution < 1.29 is 14.0 Å². The molecule has 162 valence electrons. The first-order chi connectivity index (χ1) is 13.5. The number of halogens is 1. The van der Waals surface area contributed by atoms with Gasteiger partial charge >= 0.3 is 0 Å². The molecule has 28 heavy (non-hydrogen) atoms. The molecule has 0 aromatic rings. The number of likely N-dealkylation sites (tertiary alicyclic amines) is 1. The summed E-state index contributed by atoms with van der Waals surface area (Å²) in [6.07, 6.45) is 4.81. The molecule has 0 bridgehead atoms. The maximum Gasteiger partial charge on any atom is 0.225 e. The number of amides is 1. The lowest BCUT2D eigenvalue weighted by Crippen LogP contribution is -2.54.